The average molecular weight is 400 g/mol. The Morgan fingerprint density at radius 1 is 1.07 bits per heavy atom. The number of likely N-dealkylation sites (tertiary alicyclic amines) is 1. The van der Waals surface area contributed by atoms with Crippen LogP contribution in [-0.4, -0.2) is 86.2 Å². The van der Waals surface area contributed by atoms with E-state index in [1.165, 1.54) is 38.8 Å². The fraction of sp³-hybridized carbons (Fsp3) is 0.708. The van der Waals surface area contributed by atoms with E-state index in [2.05, 4.69) is 34.1 Å². The molecule has 2 heterocycles. The molecular formula is C24H37N3O2. The highest BCUT2D eigenvalue weighted by Crippen LogP contribution is 2.29. The lowest BCUT2D eigenvalue weighted by molar-refractivity contribution is -0.130. The molecule has 1 aromatic rings. The number of fused-ring (bicyclic) bond motifs is 1. The van der Waals surface area contributed by atoms with Crippen molar-refractivity contribution in [2.75, 3.05) is 53.4 Å². The molecule has 2 aliphatic heterocycles. The molecule has 4 rings (SSSR count). The monoisotopic (exact) mass is 399 g/mol. The summed E-state index contributed by atoms with van der Waals surface area (Å²) in [5, 5.41) is 0. The third kappa shape index (κ3) is 5.39. The fourth-order valence-electron chi connectivity index (χ4n) is 5.27. The molecule has 29 heavy (non-hydrogen) atoms. The van der Waals surface area contributed by atoms with Crippen LogP contribution in [0.15, 0.2) is 24.3 Å². The van der Waals surface area contributed by atoms with Crippen molar-refractivity contribution in [1.29, 1.82) is 0 Å². The molecule has 1 aliphatic carbocycles. The molecule has 0 aromatic heterocycles. The Labute approximate surface area is 176 Å². The maximum Gasteiger partial charge on any atom is 0.236 e. The topological polar surface area (TPSA) is 36.0 Å². The Hall–Kier alpha value is -1.43. The molecule has 2 saturated heterocycles. The first kappa shape index (κ1) is 20.8. The highest BCUT2D eigenvalue weighted by atomic mass is 16.5. The van der Waals surface area contributed by atoms with Gasteiger partial charge in [0.25, 0.3) is 0 Å². The van der Waals surface area contributed by atoms with Gasteiger partial charge in [0.2, 0.25) is 5.91 Å². The van der Waals surface area contributed by atoms with Gasteiger partial charge in [0.1, 0.15) is 0 Å². The number of rotatable bonds is 7. The second kappa shape index (κ2) is 9.59. The number of amides is 1. The lowest BCUT2D eigenvalue weighted by Crippen LogP contribution is -2.46. The van der Waals surface area contributed by atoms with E-state index >= 15 is 0 Å². The summed E-state index contributed by atoms with van der Waals surface area (Å²) in [4.78, 5) is 19.1. The number of ether oxygens (including phenoxy) is 1. The number of hydrogen-bond donors (Lipinski definition) is 0. The molecule has 1 atom stereocenters. The summed E-state index contributed by atoms with van der Waals surface area (Å²) in [5.41, 5.74) is 3.09. The van der Waals surface area contributed by atoms with Gasteiger partial charge in [0.05, 0.1) is 12.6 Å². The van der Waals surface area contributed by atoms with E-state index in [0.29, 0.717) is 24.6 Å². The van der Waals surface area contributed by atoms with Crippen LogP contribution in [0.25, 0.3) is 0 Å². The van der Waals surface area contributed by atoms with Gasteiger partial charge in [-0.3, -0.25) is 14.6 Å². The minimum absolute atomic E-state index is 0.198. The zero-order valence-corrected chi connectivity index (χ0v) is 18.2. The third-order valence-electron chi connectivity index (χ3n) is 7.05. The van der Waals surface area contributed by atoms with Gasteiger partial charge in [-0.05, 0) is 68.7 Å². The molecule has 0 radical (unpaired) electrons. The van der Waals surface area contributed by atoms with Crippen molar-refractivity contribution in [2.24, 2.45) is 5.92 Å². The van der Waals surface area contributed by atoms with Gasteiger partial charge in [-0.25, -0.2) is 0 Å². The first-order chi connectivity index (χ1) is 14.1. The minimum Gasteiger partial charge on any atom is -0.377 e. The molecule has 160 valence electrons. The maximum absolute atomic E-state index is 12.3. The first-order valence-corrected chi connectivity index (χ1v) is 11.4. The van der Waals surface area contributed by atoms with E-state index in [1.54, 1.807) is 16.0 Å². The minimum atomic E-state index is 0.198. The summed E-state index contributed by atoms with van der Waals surface area (Å²) in [5.74, 6) is 0.885. The molecule has 2 fully saturated rings. The summed E-state index contributed by atoms with van der Waals surface area (Å²) in [6.07, 6.45) is 7.50. The number of likely N-dealkylation sites (N-methyl/N-ethyl adjacent to an activating group) is 1. The number of hydrogen-bond acceptors (Lipinski definition) is 4. The Morgan fingerprint density at radius 3 is 2.34 bits per heavy atom. The molecule has 0 bridgehead atoms. The number of carbonyl (C=O) groups is 1. The second-order valence-electron chi connectivity index (χ2n) is 9.43. The molecule has 0 unspecified atom stereocenters. The number of nitrogens with zero attached hydrogens (tertiary/aromatic N) is 3. The van der Waals surface area contributed by atoms with Crippen LogP contribution in [-0.2, 0) is 22.4 Å². The molecular weight excluding hydrogens is 362 g/mol. The van der Waals surface area contributed by atoms with Crippen molar-refractivity contribution in [2.45, 2.75) is 50.7 Å². The predicted molar refractivity (Wildman–Crippen MR) is 116 cm³/mol. The molecule has 1 amide bonds. The van der Waals surface area contributed by atoms with Gasteiger partial charge in [-0.1, -0.05) is 24.3 Å². The highest BCUT2D eigenvalue weighted by Gasteiger charge is 2.31. The summed E-state index contributed by atoms with van der Waals surface area (Å²) in [7, 11) is 3.70. The Balaban J connectivity index is 1.27. The smallest absolute Gasteiger partial charge is 0.236 e. The first-order valence-electron chi connectivity index (χ1n) is 11.4. The molecule has 5 heteroatoms. The largest absolute Gasteiger partial charge is 0.377 e. The van der Waals surface area contributed by atoms with Gasteiger partial charge in [0.15, 0.2) is 0 Å². The van der Waals surface area contributed by atoms with E-state index in [4.69, 9.17) is 4.74 Å². The van der Waals surface area contributed by atoms with Gasteiger partial charge in [-0.15, -0.1) is 0 Å². The predicted octanol–water partition coefficient (Wildman–Crippen LogP) is 2.44. The summed E-state index contributed by atoms with van der Waals surface area (Å²) in [6.45, 7) is 5.71. The van der Waals surface area contributed by atoms with Gasteiger partial charge >= 0.3 is 0 Å². The Kier molecular flexibility index (Phi) is 6.88. The van der Waals surface area contributed by atoms with Crippen molar-refractivity contribution < 1.29 is 9.53 Å². The fourth-order valence-corrected chi connectivity index (χ4v) is 5.27. The Morgan fingerprint density at radius 2 is 1.76 bits per heavy atom. The summed E-state index contributed by atoms with van der Waals surface area (Å²) < 4.78 is 5.86. The van der Waals surface area contributed by atoms with E-state index in [0.717, 1.165) is 32.5 Å². The highest BCUT2D eigenvalue weighted by molar-refractivity contribution is 5.77. The van der Waals surface area contributed by atoms with Crippen LogP contribution in [0.2, 0.25) is 0 Å². The summed E-state index contributed by atoms with van der Waals surface area (Å²) >= 11 is 0. The third-order valence-corrected chi connectivity index (χ3v) is 7.05. The van der Waals surface area contributed by atoms with Crippen LogP contribution < -0.4 is 0 Å². The SMILES string of the molecule is CN(C)C(=O)CN(CC1CCN(C2Cc3ccccc3C2)CC1)C[C@@H]1CCCO1. The van der Waals surface area contributed by atoms with Crippen LogP contribution >= 0.6 is 0 Å². The lowest BCUT2D eigenvalue weighted by atomic mass is 9.94. The molecule has 1 aromatic carbocycles. The molecule has 0 spiro atoms. The zero-order chi connectivity index (χ0) is 20.2. The Bertz CT molecular complexity index is 653. The van der Waals surface area contributed by atoms with E-state index < -0.39 is 0 Å². The number of benzene rings is 1. The second-order valence-corrected chi connectivity index (χ2v) is 9.43. The molecule has 0 N–H and O–H groups in total. The van der Waals surface area contributed by atoms with Crippen molar-refractivity contribution >= 4 is 5.91 Å². The van der Waals surface area contributed by atoms with Crippen molar-refractivity contribution in [1.82, 2.24) is 14.7 Å². The van der Waals surface area contributed by atoms with Crippen molar-refractivity contribution in [3.05, 3.63) is 35.4 Å². The van der Waals surface area contributed by atoms with E-state index in [-0.39, 0.29) is 5.91 Å². The standard InChI is InChI=1S/C24H37N3O2/c1-25(2)24(28)18-26(17-23-8-5-13-29-23)16-19-9-11-27(12-10-19)22-14-20-6-3-4-7-21(20)15-22/h3-4,6-7,19,22-23H,5,8-18H2,1-2H3/t23-/m0/s1. The van der Waals surface area contributed by atoms with Crippen LogP contribution in [0.5, 0.6) is 0 Å². The molecule has 3 aliphatic rings. The van der Waals surface area contributed by atoms with Crippen LogP contribution in [0.3, 0.4) is 0 Å². The average Bonchev–Trinajstić information content (AvgIpc) is 3.37. The summed E-state index contributed by atoms with van der Waals surface area (Å²) in [6, 6.07) is 9.63. The van der Waals surface area contributed by atoms with Crippen molar-refractivity contribution in [3.63, 3.8) is 0 Å². The maximum atomic E-state index is 12.3. The van der Waals surface area contributed by atoms with E-state index in [1.807, 2.05) is 14.1 Å². The molecule has 0 saturated carbocycles. The van der Waals surface area contributed by atoms with Crippen LogP contribution in [0.1, 0.15) is 36.8 Å². The van der Waals surface area contributed by atoms with Gasteiger partial charge in [-0.2, -0.15) is 0 Å². The normalized spacial score (nSPS) is 23.6. The van der Waals surface area contributed by atoms with Gasteiger partial charge in [0, 0.05) is 39.8 Å². The lowest BCUT2D eigenvalue weighted by Gasteiger charge is -2.38. The quantitative estimate of drug-likeness (QED) is 0.706. The molecule has 5 nitrogen and oxygen atoms in total. The van der Waals surface area contributed by atoms with E-state index in [9.17, 15) is 4.79 Å². The van der Waals surface area contributed by atoms with Crippen molar-refractivity contribution in [3.8, 4) is 0 Å². The number of piperidine rings is 1. The van der Waals surface area contributed by atoms with Crippen LogP contribution in [0, 0.1) is 5.92 Å². The van der Waals surface area contributed by atoms with Crippen LogP contribution in [0.4, 0.5) is 0 Å². The zero-order valence-electron chi connectivity index (χ0n) is 18.2. The van der Waals surface area contributed by atoms with Gasteiger partial charge < -0.3 is 9.64 Å². The number of carbonyl (C=O) groups excluding carboxylic acids is 1.